The second kappa shape index (κ2) is 7.34. The molecule has 0 bridgehead atoms. The summed E-state index contributed by atoms with van der Waals surface area (Å²) in [5, 5.41) is 12.8. The number of hydrogen-bond acceptors (Lipinski definition) is 3. The second-order valence-corrected chi connectivity index (χ2v) is 7.69. The Balaban J connectivity index is 2.04. The summed E-state index contributed by atoms with van der Waals surface area (Å²) in [4.78, 5) is 26.8. The lowest BCUT2D eigenvalue weighted by molar-refractivity contribution is -0.144. The Morgan fingerprint density at radius 3 is 2.50 bits per heavy atom. The fraction of sp³-hybridized carbons (Fsp3) is 0.579. The number of amides is 2. The van der Waals surface area contributed by atoms with Crippen molar-refractivity contribution in [1.29, 1.82) is 0 Å². The monoisotopic (exact) mass is 332 g/mol. The zero-order chi connectivity index (χ0) is 17.9. The van der Waals surface area contributed by atoms with Gasteiger partial charge in [-0.05, 0) is 11.0 Å². The topological polar surface area (TPSA) is 69.6 Å². The minimum Gasteiger partial charge on any atom is -0.391 e. The quantitative estimate of drug-likeness (QED) is 0.885. The van der Waals surface area contributed by atoms with Gasteiger partial charge in [-0.2, -0.15) is 0 Å². The van der Waals surface area contributed by atoms with E-state index in [9.17, 15) is 14.7 Å². The maximum atomic E-state index is 12.8. The molecule has 3 atom stereocenters. The normalized spacial score (nSPS) is 22.3. The van der Waals surface area contributed by atoms with Gasteiger partial charge < -0.3 is 15.3 Å². The molecular formula is C19H28N2O3. The molecule has 1 heterocycles. The maximum absolute atomic E-state index is 12.8. The number of nitrogens with zero attached hydrogens (tertiary/aromatic N) is 1. The molecule has 2 N–H and O–H groups in total. The molecule has 24 heavy (non-hydrogen) atoms. The summed E-state index contributed by atoms with van der Waals surface area (Å²) in [7, 11) is 0. The van der Waals surface area contributed by atoms with Gasteiger partial charge in [-0.25, -0.2) is 0 Å². The van der Waals surface area contributed by atoms with Crippen molar-refractivity contribution in [3.05, 3.63) is 35.9 Å². The van der Waals surface area contributed by atoms with Gasteiger partial charge in [0.1, 0.15) is 6.04 Å². The van der Waals surface area contributed by atoms with Crippen molar-refractivity contribution in [3.63, 3.8) is 0 Å². The van der Waals surface area contributed by atoms with Crippen LogP contribution in [0.4, 0.5) is 0 Å². The summed E-state index contributed by atoms with van der Waals surface area (Å²) < 4.78 is 0. The predicted octanol–water partition coefficient (Wildman–Crippen LogP) is 1.95. The van der Waals surface area contributed by atoms with E-state index in [1.807, 2.05) is 58.0 Å². The summed E-state index contributed by atoms with van der Waals surface area (Å²) in [6, 6.07) is 9.04. The number of nitrogens with one attached hydrogen (secondary N) is 1. The molecule has 2 rings (SSSR count). The lowest BCUT2D eigenvalue weighted by Crippen LogP contribution is -2.49. The van der Waals surface area contributed by atoms with E-state index in [1.54, 1.807) is 4.90 Å². The van der Waals surface area contributed by atoms with Gasteiger partial charge in [0.25, 0.3) is 0 Å². The average Bonchev–Trinajstić information content (AvgIpc) is 2.93. The third kappa shape index (κ3) is 4.35. The lowest BCUT2D eigenvalue weighted by atomic mass is 9.81. The van der Waals surface area contributed by atoms with Crippen molar-refractivity contribution in [2.45, 2.75) is 52.8 Å². The fourth-order valence-electron chi connectivity index (χ4n) is 2.83. The first-order valence-corrected chi connectivity index (χ1v) is 8.50. The third-order valence-corrected chi connectivity index (χ3v) is 4.84. The zero-order valence-electron chi connectivity index (χ0n) is 15.0. The van der Waals surface area contributed by atoms with E-state index < -0.39 is 12.1 Å². The van der Waals surface area contributed by atoms with Crippen molar-refractivity contribution in [1.82, 2.24) is 10.2 Å². The number of hydrogen-bond donors (Lipinski definition) is 2. The number of likely N-dealkylation sites (tertiary alicyclic amines) is 1. The highest BCUT2D eigenvalue weighted by atomic mass is 16.3. The highest BCUT2D eigenvalue weighted by Gasteiger charge is 2.42. The summed E-state index contributed by atoms with van der Waals surface area (Å²) in [6.45, 7) is 8.55. The Morgan fingerprint density at radius 1 is 1.29 bits per heavy atom. The minimum atomic E-state index is -0.645. The van der Waals surface area contributed by atoms with E-state index in [0.717, 1.165) is 5.56 Å². The second-order valence-electron chi connectivity index (χ2n) is 7.69. The van der Waals surface area contributed by atoms with Gasteiger partial charge in [0.2, 0.25) is 11.8 Å². The first-order valence-electron chi connectivity index (χ1n) is 8.50. The van der Waals surface area contributed by atoms with Crippen LogP contribution in [0.25, 0.3) is 0 Å². The minimum absolute atomic E-state index is 0.0705. The first kappa shape index (κ1) is 18.5. The average molecular weight is 332 g/mol. The molecule has 0 aromatic heterocycles. The fourth-order valence-corrected chi connectivity index (χ4v) is 2.83. The maximum Gasteiger partial charge on any atom is 0.243 e. The van der Waals surface area contributed by atoms with Crippen molar-refractivity contribution >= 4 is 11.8 Å². The highest BCUT2D eigenvalue weighted by Crippen LogP contribution is 2.30. The lowest BCUT2D eigenvalue weighted by Gasteiger charge is -2.32. The van der Waals surface area contributed by atoms with Crippen molar-refractivity contribution in [2.24, 2.45) is 11.3 Å². The Morgan fingerprint density at radius 2 is 1.92 bits per heavy atom. The molecule has 5 heteroatoms. The molecule has 2 amide bonds. The Bertz CT molecular complexity index is 580. The van der Waals surface area contributed by atoms with Crippen LogP contribution in [0, 0.1) is 11.3 Å². The molecular weight excluding hydrogens is 304 g/mol. The molecule has 1 unspecified atom stereocenters. The number of carbonyl (C=O) groups is 2. The van der Waals surface area contributed by atoms with Crippen LogP contribution in [0.5, 0.6) is 0 Å². The number of aliphatic hydroxyl groups is 1. The molecule has 132 valence electrons. The van der Waals surface area contributed by atoms with Crippen LogP contribution in [0.3, 0.4) is 0 Å². The largest absolute Gasteiger partial charge is 0.391 e. The van der Waals surface area contributed by atoms with Crippen LogP contribution >= 0.6 is 0 Å². The van der Waals surface area contributed by atoms with Gasteiger partial charge in [0.05, 0.1) is 6.10 Å². The molecule has 0 spiro atoms. The van der Waals surface area contributed by atoms with Gasteiger partial charge in [0, 0.05) is 25.4 Å². The Labute approximate surface area is 144 Å². The zero-order valence-corrected chi connectivity index (χ0v) is 15.0. The molecule has 1 aliphatic heterocycles. The molecule has 1 aromatic rings. The van der Waals surface area contributed by atoms with E-state index in [0.29, 0.717) is 13.0 Å². The summed E-state index contributed by atoms with van der Waals surface area (Å²) >= 11 is 0. The van der Waals surface area contributed by atoms with E-state index in [2.05, 4.69) is 5.32 Å². The molecule has 0 radical (unpaired) electrons. The summed E-state index contributed by atoms with van der Waals surface area (Å²) in [5.74, 6) is -0.490. The third-order valence-electron chi connectivity index (χ3n) is 4.84. The van der Waals surface area contributed by atoms with Crippen molar-refractivity contribution in [2.75, 3.05) is 6.54 Å². The molecule has 1 aromatic carbocycles. The van der Waals surface area contributed by atoms with E-state index in [4.69, 9.17) is 0 Å². The van der Waals surface area contributed by atoms with Gasteiger partial charge >= 0.3 is 0 Å². The number of aliphatic hydroxyl groups excluding tert-OH is 1. The molecule has 0 saturated carbocycles. The van der Waals surface area contributed by atoms with Crippen molar-refractivity contribution in [3.8, 4) is 0 Å². The summed E-state index contributed by atoms with van der Waals surface area (Å²) in [6.07, 6.45) is -0.350. The van der Waals surface area contributed by atoms with Crippen LogP contribution in [0.15, 0.2) is 30.3 Å². The molecule has 1 saturated heterocycles. The number of rotatable bonds is 4. The predicted molar refractivity (Wildman–Crippen MR) is 93.0 cm³/mol. The highest BCUT2D eigenvalue weighted by molar-refractivity contribution is 5.89. The standard InChI is InChI=1S/C19H28N2O3/c1-13(19(2,3)4)18(24)21-12-15(22)10-16(21)17(23)20-11-14-8-6-5-7-9-14/h5-9,13,15-16,22H,10-12H2,1-4H3,(H,20,23)/t13?,15-,16+/m1/s1. The van der Waals surface area contributed by atoms with Crippen LogP contribution in [-0.4, -0.2) is 40.5 Å². The van der Waals surface area contributed by atoms with Gasteiger partial charge in [-0.15, -0.1) is 0 Å². The SMILES string of the molecule is CC(C(=O)N1C[C@H](O)C[C@H]1C(=O)NCc1ccccc1)C(C)(C)C. The molecule has 5 nitrogen and oxygen atoms in total. The molecule has 0 aliphatic carbocycles. The Kier molecular flexibility index (Phi) is 5.65. The number of benzene rings is 1. The number of carbonyl (C=O) groups excluding carboxylic acids is 2. The van der Waals surface area contributed by atoms with Gasteiger partial charge in [0.15, 0.2) is 0 Å². The van der Waals surface area contributed by atoms with Gasteiger partial charge in [-0.1, -0.05) is 58.0 Å². The van der Waals surface area contributed by atoms with E-state index in [-0.39, 0.29) is 29.7 Å². The number of β-amino-alcohol motifs (C(OH)–C–C–N with tert-alkyl or cyclic N) is 1. The van der Waals surface area contributed by atoms with Crippen molar-refractivity contribution < 1.29 is 14.7 Å². The van der Waals surface area contributed by atoms with Crippen LogP contribution < -0.4 is 5.32 Å². The van der Waals surface area contributed by atoms with Crippen LogP contribution in [0.2, 0.25) is 0 Å². The Hall–Kier alpha value is -1.88. The molecule has 1 fully saturated rings. The first-order chi connectivity index (χ1) is 11.2. The van der Waals surface area contributed by atoms with Gasteiger partial charge in [-0.3, -0.25) is 9.59 Å². The smallest absolute Gasteiger partial charge is 0.243 e. The van der Waals surface area contributed by atoms with Crippen LogP contribution in [0.1, 0.15) is 39.7 Å². The molecule has 1 aliphatic rings. The van der Waals surface area contributed by atoms with E-state index >= 15 is 0 Å². The summed E-state index contributed by atoms with van der Waals surface area (Å²) in [5.41, 5.74) is 0.820. The van der Waals surface area contributed by atoms with E-state index in [1.165, 1.54) is 0 Å². The van der Waals surface area contributed by atoms with Crippen LogP contribution in [-0.2, 0) is 16.1 Å².